The highest BCUT2D eigenvalue weighted by Gasteiger charge is 2.61. The Labute approximate surface area is 315 Å². The first-order chi connectivity index (χ1) is 25.5. The Morgan fingerprint density at radius 3 is 2.50 bits per heavy atom. The first-order valence-corrected chi connectivity index (χ1v) is 20.1. The van der Waals surface area contributed by atoms with Crippen molar-refractivity contribution in [3.05, 3.63) is 47.5 Å². The molecule has 294 valence electrons. The van der Waals surface area contributed by atoms with E-state index in [1.165, 1.54) is 0 Å². The standard InChI is InChI=1S/C37H50N6O10S/c1-5-30(44)38-17-28-32(46)43-19-25(15-29(43)31(45)40-37(16-22(37)2)33(47)41-54(50,51)26-12-13-26)53-35(49)42-18-24-11-8-10-23(27(24)20-42)9-6-7-14-36(3,4)21-52-34(48)39-28/h5,8,10-11,22,25-26,28-29H,1,6-7,9,12-21H2,2-4H3,(H,38,44)(H,39,48)(H,40,45)(H,41,47)/t22?,25-,28+,29+,37-/m1/s1. The first kappa shape index (κ1) is 39.0. The van der Waals surface area contributed by atoms with Crippen molar-refractivity contribution in [3.63, 3.8) is 0 Å². The third kappa shape index (κ3) is 8.66. The van der Waals surface area contributed by atoms with Crippen LogP contribution in [0.4, 0.5) is 9.59 Å². The van der Waals surface area contributed by atoms with E-state index in [1.807, 2.05) is 26.0 Å². The van der Waals surface area contributed by atoms with E-state index in [1.54, 1.807) is 11.8 Å². The van der Waals surface area contributed by atoms with Gasteiger partial charge in [0.2, 0.25) is 27.7 Å². The van der Waals surface area contributed by atoms with Crippen molar-refractivity contribution in [1.29, 1.82) is 0 Å². The number of amides is 6. The van der Waals surface area contributed by atoms with Gasteiger partial charge in [-0.05, 0) is 72.6 Å². The van der Waals surface area contributed by atoms with Gasteiger partial charge in [-0.15, -0.1) is 0 Å². The second kappa shape index (κ2) is 15.2. The van der Waals surface area contributed by atoms with Gasteiger partial charge in [-0.25, -0.2) is 18.0 Å². The molecule has 5 atom stereocenters. The van der Waals surface area contributed by atoms with Gasteiger partial charge in [0.05, 0.1) is 18.4 Å². The van der Waals surface area contributed by atoms with Gasteiger partial charge in [-0.1, -0.05) is 52.0 Å². The minimum atomic E-state index is -3.91. The predicted molar refractivity (Wildman–Crippen MR) is 194 cm³/mol. The molecule has 1 aromatic carbocycles. The molecule has 4 N–H and O–H groups in total. The lowest BCUT2D eigenvalue weighted by Crippen LogP contribution is -2.59. The number of carbonyl (C=O) groups excluding carboxylic acids is 6. The number of nitrogens with zero attached hydrogens (tertiary/aromatic N) is 2. The zero-order valence-electron chi connectivity index (χ0n) is 31.0. The molecule has 1 saturated heterocycles. The highest BCUT2D eigenvalue weighted by Crippen LogP contribution is 2.44. The van der Waals surface area contributed by atoms with Gasteiger partial charge in [0, 0.05) is 26.1 Å². The Hall–Kier alpha value is -4.67. The first-order valence-electron chi connectivity index (χ1n) is 18.6. The van der Waals surface area contributed by atoms with Gasteiger partial charge >= 0.3 is 12.2 Å². The van der Waals surface area contributed by atoms with E-state index in [2.05, 4.69) is 33.3 Å². The fourth-order valence-corrected chi connectivity index (χ4v) is 8.88. The van der Waals surface area contributed by atoms with Gasteiger partial charge < -0.3 is 30.3 Å². The van der Waals surface area contributed by atoms with Gasteiger partial charge in [-0.3, -0.25) is 28.8 Å². The van der Waals surface area contributed by atoms with Crippen LogP contribution in [0.2, 0.25) is 0 Å². The lowest BCUT2D eigenvalue weighted by atomic mass is 9.87. The van der Waals surface area contributed by atoms with Crippen molar-refractivity contribution < 1.29 is 46.7 Å². The van der Waals surface area contributed by atoms with Crippen LogP contribution in [0, 0.1) is 11.3 Å². The Bertz CT molecular complexity index is 1830. The summed E-state index contributed by atoms with van der Waals surface area (Å²) in [5.41, 5.74) is 1.31. The summed E-state index contributed by atoms with van der Waals surface area (Å²) in [6.45, 7) is 9.19. The molecular weight excluding hydrogens is 721 g/mol. The number of benzene rings is 1. The van der Waals surface area contributed by atoms with E-state index >= 15 is 0 Å². The zero-order valence-corrected chi connectivity index (χ0v) is 31.8. The number of ether oxygens (including phenoxy) is 2. The molecule has 2 aliphatic carbocycles. The number of hydrogen-bond acceptors (Lipinski definition) is 10. The molecular formula is C37H50N6O10S. The number of hydrogen-bond donors (Lipinski definition) is 4. The molecule has 3 fully saturated rings. The average molecular weight is 771 g/mol. The van der Waals surface area contributed by atoms with Crippen LogP contribution in [-0.2, 0) is 58.2 Å². The molecule has 54 heavy (non-hydrogen) atoms. The molecule has 4 bridgehead atoms. The summed E-state index contributed by atoms with van der Waals surface area (Å²) in [6.07, 6.45) is 2.72. The molecule has 6 amide bonds. The monoisotopic (exact) mass is 770 g/mol. The van der Waals surface area contributed by atoms with Crippen molar-refractivity contribution >= 4 is 45.8 Å². The third-order valence-corrected chi connectivity index (χ3v) is 12.9. The van der Waals surface area contributed by atoms with E-state index < -0.39 is 80.7 Å². The number of fused-ring (bicyclic) bond motifs is 3. The highest BCUT2D eigenvalue weighted by atomic mass is 32.2. The summed E-state index contributed by atoms with van der Waals surface area (Å²) < 4.78 is 38.8. The number of sulfonamides is 1. The zero-order chi connectivity index (χ0) is 39.0. The number of nitrogens with one attached hydrogen (secondary N) is 4. The molecule has 6 rings (SSSR count). The van der Waals surface area contributed by atoms with Gasteiger partial charge in [-0.2, -0.15) is 0 Å². The quantitative estimate of drug-likeness (QED) is 0.282. The summed E-state index contributed by atoms with van der Waals surface area (Å²) in [5, 5.41) is 7.09. The minimum absolute atomic E-state index is 0.0556. The highest BCUT2D eigenvalue weighted by molar-refractivity contribution is 7.91. The molecule has 3 heterocycles. The lowest BCUT2D eigenvalue weighted by molar-refractivity contribution is -0.141. The topological polar surface area (TPSA) is 210 Å². The maximum atomic E-state index is 14.3. The molecule has 0 radical (unpaired) electrons. The molecule has 0 aromatic heterocycles. The molecule has 2 saturated carbocycles. The Morgan fingerprint density at radius 1 is 1.09 bits per heavy atom. The van der Waals surface area contributed by atoms with Crippen LogP contribution in [0.25, 0.3) is 0 Å². The van der Waals surface area contributed by atoms with Crippen LogP contribution < -0.4 is 20.7 Å². The van der Waals surface area contributed by atoms with Crippen LogP contribution >= 0.6 is 0 Å². The van der Waals surface area contributed by atoms with Gasteiger partial charge in [0.1, 0.15) is 23.7 Å². The molecule has 1 unspecified atom stereocenters. The Balaban J connectivity index is 1.27. The molecule has 3 aliphatic heterocycles. The van der Waals surface area contributed by atoms with Crippen LogP contribution in [-0.4, -0.2) is 103 Å². The molecule has 5 aliphatic rings. The minimum Gasteiger partial charge on any atom is -0.449 e. The predicted octanol–water partition coefficient (Wildman–Crippen LogP) is 1.76. The van der Waals surface area contributed by atoms with Crippen molar-refractivity contribution in [2.75, 3.05) is 19.7 Å². The molecule has 17 heteroatoms. The van der Waals surface area contributed by atoms with Gasteiger partial charge in [0.15, 0.2) is 0 Å². The maximum Gasteiger partial charge on any atom is 0.410 e. The number of alkyl carbamates (subject to hydrolysis) is 1. The normalized spacial score (nSPS) is 28.5. The summed E-state index contributed by atoms with van der Waals surface area (Å²) >= 11 is 0. The van der Waals surface area contributed by atoms with E-state index in [-0.39, 0.29) is 38.0 Å². The summed E-state index contributed by atoms with van der Waals surface area (Å²) in [7, 11) is -3.91. The van der Waals surface area contributed by atoms with E-state index in [0.717, 1.165) is 53.3 Å². The lowest BCUT2D eigenvalue weighted by Gasteiger charge is -2.30. The summed E-state index contributed by atoms with van der Waals surface area (Å²) in [5.74, 6) is -3.42. The molecule has 0 spiro atoms. The SMILES string of the molecule is C=CC(=O)NC[C@@H]1NC(=O)OCC(C)(C)CCCCc2cccc3c2CN(C3)C(=O)O[C@@H]2C[C@@H](C(=O)N[C@]3(C(=O)NS(=O)(=O)C4CC4)CC3C)N(C2)C1=O. The van der Waals surface area contributed by atoms with E-state index in [9.17, 15) is 37.2 Å². The van der Waals surface area contributed by atoms with Crippen LogP contribution in [0.5, 0.6) is 0 Å². The number of rotatable bonds is 8. The Morgan fingerprint density at radius 2 is 1.81 bits per heavy atom. The van der Waals surface area contributed by atoms with Crippen LogP contribution in [0.3, 0.4) is 0 Å². The van der Waals surface area contributed by atoms with Crippen molar-refractivity contribution in [3.8, 4) is 0 Å². The fourth-order valence-electron chi connectivity index (χ4n) is 7.51. The molecule has 1 aromatic rings. The maximum absolute atomic E-state index is 14.3. The van der Waals surface area contributed by atoms with Crippen molar-refractivity contribution in [2.45, 2.75) is 114 Å². The number of aryl methyl sites for hydroxylation is 1. The van der Waals surface area contributed by atoms with E-state index in [4.69, 9.17) is 9.47 Å². The van der Waals surface area contributed by atoms with E-state index in [0.29, 0.717) is 25.9 Å². The molecule has 16 nitrogen and oxygen atoms in total. The second-order valence-electron chi connectivity index (χ2n) is 16.0. The van der Waals surface area contributed by atoms with Crippen molar-refractivity contribution in [1.82, 2.24) is 30.5 Å². The number of cyclic esters (lactones) is 1. The van der Waals surface area contributed by atoms with Crippen LogP contribution in [0.1, 0.15) is 82.4 Å². The third-order valence-electron chi connectivity index (χ3n) is 11.1. The second-order valence-corrected chi connectivity index (χ2v) is 18.0. The van der Waals surface area contributed by atoms with Gasteiger partial charge in [0.25, 0.3) is 5.91 Å². The van der Waals surface area contributed by atoms with Crippen molar-refractivity contribution in [2.24, 2.45) is 11.3 Å². The number of carbonyl (C=O) groups is 6. The average Bonchev–Trinajstić information content (AvgIpc) is 3.99. The fraction of sp³-hybridized carbons (Fsp3) is 0.622. The summed E-state index contributed by atoms with van der Waals surface area (Å²) in [4.78, 5) is 83.4. The Kier molecular flexibility index (Phi) is 11.0. The largest absolute Gasteiger partial charge is 0.449 e. The summed E-state index contributed by atoms with van der Waals surface area (Å²) in [6, 6.07) is 3.31. The smallest absolute Gasteiger partial charge is 0.410 e. The van der Waals surface area contributed by atoms with Crippen LogP contribution in [0.15, 0.2) is 30.9 Å².